The van der Waals surface area contributed by atoms with Crippen molar-refractivity contribution in [1.29, 1.82) is 0 Å². The average Bonchev–Trinajstić information content (AvgIpc) is 2.95. The Bertz CT molecular complexity index is 857. The third-order valence-electron chi connectivity index (χ3n) is 3.18. The number of aromatic nitrogens is 2. The number of nitrogens with zero attached hydrogens (tertiary/aromatic N) is 1. The van der Waals surface area contributed by atoms with Gasteiger partial charge in [-0.1, -0.05) is 30.3 Å². The Kier molecular flexibility index (Phi) is 4.51. The summed E-state index contributed by atoms with van der Waals surface area (Å²) < 4.78 is 29.1. The molecule has 122 valence electrons. The molecule has 0 bridgehead atoms. The number of benzene rings is 2. The molecule has 1 aromatic heterocycles. The molecule has 0 aliphatic heterocycles. The number of imidazole rings is 1. The normalized spacial score (nSPS) is 11.3. The molecule has 24 heavy (non-hydrogen) atoms. The number of nitrogens with one attached hydrogen (secondary N) is 2. The van der Waals surface area contributed by atoms with Gasteiger partial charge in [0.1, 0.15) is 5.75 Å². The summed E-state index contributed by atoms with van der Waals surface area (Å²) in [6.45, 7) is -2.93. The molecule has 0 unspecified atom stereocenters. The Hall–Kier alpha value is -3.22. The number of carbonyl (C=O) groups is 1. The number of halogens is 2. The van der Waals surface area contributed by atoms with Gasteiger partial charge in [-0.25, -0.2) is 4.98 Å². The van der Waals surface area contributed by atoms with Gasteiger partial charge in [0.2, 0.25) is 5.95 Å². The molecular formula is C17H13F2N3O2. The molecule has 0 fully saturated rings. The topological polar surface area (TPSA) is 67.0 Å². The van der Waals surface area contributed by atoms with E-state index in [0.717, 1.165) is 11.0 Å². The summed E-state index contributed by atoms with van der Waals surface area (Å²) in [5.41, 5.74) is 1.90. The first-order valence-electron chi connectivity index (χ1n) is 7.09. The van der Waals surface area contributed by atoms with Gasteiger partial charge in [-0.05, 0) is 24.3 Å². The lowest BCUT2D eigenvalue weighted by molar-refractivity contribution is -0.111. The molecule has 0 aliphatic carbocycles. The molecule has 0 saturated heterocycles. The highest BCUT2D eigenvalue weighted by Gasteiger charge is 2.08. The van der Waals surface area contributed by atoms with E-state index in [1.807, 2.05) is 24.3 Å². The van der Waals surface area contributed by atoms with E-state index in [0.29, 0.717) is 11.5 Å². The molecule has 2 aromatic carbocycles. The van der Waals surface area contributed by atoms with Gasteiger partial charge in [0.05, 0.1) is 11.0 Å². The van der Waals surface area contributed by atoms with Crippen molar-refractivity contribution in [3.63, 3.8) is 0 Å². The van der Waals surface area contributed by atoms with E-state index < -0.39 is 12.5 Å². The van der Waals surface area contributed by atoms with Crippen molar-refractivity contribution >= 4 is 29.0 Å². The second-order valence-corrected chi connectivity index (χ2v) is 4.84. The average molecular weight is 329 g/mol. The number of amides is 1. The standard InChI is InChI=1S/C17H13F2N3O2/c18-16(19)24-14-8-4-1-5-11(14)9-10-15(23)22-17-20-12-6-2-3-7-13(12)21-17/h1-10,16H,(H2,20,21,22,23)/b10-9+. The molecular weight excluding hydrogens is 316 g/mol. The lowest BCUT2D eigenvalue weighted by Crippen LogP contribution is -2.09. The van der Waals surface area contributed by atoms with E-state index in [9.17, 15) is 13.6 Å². The van der Waals surface area contributed by atoms with Gasteiger partial charge in [-0.15, -0.1) is 0 Å². The fraction of sp³-hybridized carbons (Fsp3) is 0.0588. The van der Waals surface area contributed by atoms with Crippen LogP contribution in [0.5, 0.6) is 5.75 Å². The van der Waals surface area contributed by atoms with Gasteiger partial charge in [0.15, 0.2) is 0 Å². The van der Waals surface area contributed by atoms with E-state index in [1.165, 1.54) is 18.2 Å². The highest BCUT2D eigenvalue weighted by molar-refractivity contribution is 6.01. The smallest absolute Gasteiger partial charge is 0.387 e. The number of anilines is 1. The van der Waals surface area contributed by atoms with Crippen LogP contribution < -0.4 is 10.1 Å². The Morgan fingerprint density at radius 1 is 1.17 bits per heavy atom. The van der Waals surface area contributed by atoms with E-state index in [2.05, 4.69) is 20.0 Å². The van der Waals surface area contributed by atoms with E-state index in [-0.39, 0.29) is 5.75 Å². The fourth-order valence-electron chi connectivity index (χ4n) is 2.16. The predicted molar refractivity (Wildman–Crippen MR) is 86.8 cm³/mol. The maximum Gasteiger partial charge on any atom is 0.387 e. The van der Waals surface area contributed by atoms with Gasteiger partial charge in [-0.2, -0.15) is 8.78 Å². The monoisotopic (exact) mass is 329 g/mol. The van der Waals surface area contributed by atoms with Crippen molar-refractivity contribution in [2.75, 3.05) is 5.32 Å². The number of H-pyrrole nitrogens is 1. The molecule has 0 atom stereocenters. The van der Waals surface area contributed by atoms with Crippen LogP contribution in [0.1, 0.15) is 5.56 Å². The zero-order valence-corrected chi connectivity index (χ0v) is 12.4. The molecule has 0 aliphatic rings. The van der Waals surface area contributed by atoms with Crippen molar-refractivity contribution in [1.82, 2.24) is 9.97 Å². The molecule has 0 saturated carbocycles. The molecule has 7 heteroatoms. The van der Waals surface area contributed by atoms with Crippen molar-refractivity contribution < 1.29 is 18.3 Å². The second kappa shape index (κ2) is 6.91. The SMILES string of the molecule is O=C(/C=C/c1ccccc1OC(F)F)Nc1nc2ccccc2[nH]1. The summed E-state index contributed by atoms with van der Waals surface area (Å²) in [4.78, 5) is 19.1. The van der Waals surface area contributed by atoms with Crippen LogP contribution in [0.2, 0.25) is 0 Å². The number of para-hydroxylation sites is 3. The Balaban J connectivity index is 1.71. The molecule has 2 N–H and O–H groups in total. The van der Waals surface area contributed by atoms with Crippen molar-refractivity contribution in [3.8, 4) is 5.75 Å². The summed E-state index contributed by atoms with van der Waals surface area (Å²) in [5.74, 6) is -0.135. The highest BCUT2D eigenvalue weighted by atomic mass is 19.3. The van der Waals surface area contributed by atoms with E-state index >= 15 is 0 Å². The van der Waals surface area contributed by atoms with Crippen LogP contribution in [0.15, 0.2) is 54.6 Å². The number of carbonyl (C=O) groups excluding carboxylic acids is 1. The number of alkyl halides is 2. The molecule has 1 amide bonds. The van der Waals surface area contributed by atoms with Crippen LogP contribution >= 0.6 is 0 Å². The third-order valence-corrected chi connectivity index (χ3v) is 3.18. The largest absolute Gasteiger partial charge is 0.434 e. The van der Waals surface area contributed by atoms with Crippen LogP contribution in [-0.2, 0) is 4.79 Å². The van der Waals surface area contributed by atoms with Gasteiger partial charge >= 0.3 is 6.61 Å². The number of hydrogen-bond donors (Lipinski definition) is 2. The van der Waals surface area contributed by atoms with Crippen LogP contribution in [0.25, 0.3) is 17.1 Å². The van der Waals surface area contributed by atoms with Gasteiger partial charge in [0, 0.05) is 11.6 Å². The zero-order valence-electron chi connectivity index (χ0n) is 12.4. The number of aromatic amines is 1. The lowest BCUT2D eigenvalue weighted by Gasteiger charge is -2.07. The first kappa shape index (κ1) is 15.7. The van der Waals surface area contributed by atoms with E-state index in [4.69, 9.17) is 0 Å². The molecule has 1 heterocycles. The van der Waals surface area contributed by atoms with E-state index in [1.54, 1.807) is 18.2 Å². The van der Waals surface area contributed by atoms with Gasteiger partial charge in [-0.3, -0.25) is 10.1 Å². The molecule has 5 nitrogen and oxygen atoms in total. The summed E-state index contributed by atoms with van der Waals surface area (Å²) in [5, 5.41) is 2.58. The first-order chi connectivity index (χ1) is 11.6. The maximum absolute atomic E-state index is 12.4. The summed E-state index contributed by atoms with van der Waals surface area (Å²) in [7, 11) is 0. The molecule has 3 aromatic rings. The minimum Gasteiger partial charge on any atom is -0.434 e. The highest BCUT2D eigenvalue weighted by Crippen LogP contribution is 2.21. The maximum atomic E-state index is 12.4. The predicted octanol–water partition coefficient (Wildman–Crippen LogP) is 3.82. The minimum atomic E-state index is -2.93. The second-order valence-electron chi connectivity index (χ2n) is 4.84. The van der Waals surface area contributed by atoms with Gasteiger partial charge in [0.25, 0.3) is 5.91 Å². The number of fused-ring (bicyclic) bond motifs is 1. The minimum absolute atomic E-state index is 0.000266. The summed E-state index contributed by atoms with van der Waals surface area (Å²) >= 11 is 0. The van der Waals surface area contributed by atoms with Crippen molar-refractivity contribution in [2.24, 2.45) is 0 Å². The van der Waals surface area contributed by atoms with Crippen molar-refractivity contribution in [2.45, 2.75) is 6.61 Å². The van der Waals surface area contributed by atoms with Crippen LogP contribution in [0, 0.1) is 0 Å². The Morgan fingerprint density at radius 2 is 1.92 bits per heavy atom. The van der Waals surface area contributed by atoms with Crippen LogP contribution in [0.4, 0.5) is 14.7 Å². The number of ether oxygens (including phenoxy) is 1. The van der Waals surface area contributed by atoms with Gasteiger partial charge < -0.3 is 9.72 Å². The summed E-state index contributed by atoms with van der Waals surface area (Å²) in [6.07, 6.45) is 2.62. The Morgan fingerprint density at radius 3 is 2.71 bits per heavy atom. The number of rotatable bonds is 5. The quantitative estimate of drug-likeness (QED) is 0.699. The fourth-order valence-corrected chi connectivity index (χ4v) is 2.16. The van der Waals surface area contributed by atoms with Crippen molar-refractivity contribution in [3.05, 3.63) is 60.2 Å². The first-order valence-corrected chi connectivity index (χ1v) is 7.09. The van der Waals surface area contributed by atoms with Crippen LogP contribution in [0.3, 0.4) is 0 Å². The Labute approximate surface area is 136 Å². The van der Waals surface area contributed by atoms with Crippen LogP contribution in [-0.4, -0.2) is 22.5 Å². The third kappa shape index (κ3) is 3.75. The summed E-state index contributed by atoms with van der Waals surface area (Å²) in [6, 6.07) is 13.6. The molecule has 0 radical (unpaired) electrons. The zero-order chi connectivity index (χ0) is 16.9. The molecule has 3 rings (SSSR count). The number of hydrogen-bond acceptors (Lipinski definition) is 3. The molecule has 0 spiro atoms. The lowest BCUT2D eigenvalue weighted by atomic mass is 10.2.